The summed E-state index contributed by atoms with van der Waals surface area (Å²) in [5, 5.41) is 7.36. The second kappa shape index (κ2) is 8.68. The second-order valence-electron chi connectivity index (χ2n) is 7.93. The molecule has 5 aromatic rings. The maximum atomic E-state index is 13.2. The number of halogens is 3. The number of amides is 1. The molecule has 0 aliphatic heterocycles. The molecule has 0 unspecified atom stereocenters. The van der Waals surface area contributed by atoms with Gasteiger partial charge in [-0.1, -0.05) is 18.2 Å². The third kappa shape index (κ3) is 4.48. The Morgan fingerprint density at radius 2 is 1.71 bits per heavy atom. The Kier molecular flexibility index (Phi) is 5.52. The lowest BCUT2D eigenvalue weighted by Crippen LogP contribution is -2.15. The Bertz CT molecular complexity index is 1540. The molecule has 174 valence electrons. The van der Waals surface area contributed by atoms with Crippen molar-refractivity contribution in [3.05, 3.63) is 102 Å². The zero-order chi connectivity index (χ0) is 24.6. The number of carbonyl (C=O) groups is 1. The number of alkyl halides is 3. The van der Waals surface area contributed by atoms with Gasteiger partial charge in [0, 0.05) is 47.0 Å². The van der Waals surface area contributed by atoms with Crippen molar-refractivity contribution >= 4 is 17.2 Å². The van der Waals surface area contributed by atoms with Crippen molar-refractivity contribution in [1.82, 2.24) is 19.6 Å². The van der Waals surface area contributed by atoms with Crippen LogP contribution in [0.15, 0.2) is 85.3 Å². The first kappa shape index (κ1) is 22.3. The molecule has 0 bridgehead atoms. The highest BCUT2D eigenvalue weighted by molar-refractivity contribution is 6.04. The lowest BCUT2D eigenvalue weighted by atomic mass is 10.0. The van der Waals surface area contributed by atoms with Gasteiger partial charge in [-0.2, -0.15) is 18.3 Å². The molecule has 6 nitrogen and oxygen atoms in total. The van der Waals surface area contributed by atoms with Gasteiger partial charge in [0.1, 0.15) is 0 Å². The van der Waals surface area contributed by atoms with Crippen molar-refractivity contribution in [1.29, 1.82) is 0 Å². The number of nitrogens with one attached hydrogen (secondary N) is 1. The molecule has 0 aliphatic carbocycles. The van der Waals surface area contributed by atoms with Gasteiger partial charge in [-0.25, -0.2) is 9.50 Å². The van der Waals surface area contributed by atoms with Crippen LogP contribution in [0.25, 0.3) is 28.2 Å². The number of nitrogens with zero attached hydrogens (tertiary/aromatic N) is 4. The molecule has 0 atom stereocenters. The Hall–Kier alpha value is -4.53. The summed E-state index contributed by atoms with van der Waals surface area (Å²) in [4.78, 5) is 21.1. The predicted molar refractivity (Wildman–Crippen MR) is 126 cm³/mol. The van der Waals surface area contributed by atoms with Crippen molar-refractivity contribution in [2.45, 2.75) is 13.1 Å². The largest absolute Gasteiger partial charge is 0.416 e. The van der Waals surface area contributed by atoms with Crippen LogP contribution < -0.4 is 5.32 Å². The van der Waals surface area contributed by atoms with E-state index in [2.05, 4.69) is 20.4 Å². The number of benzene rings is 2. The summed E-state index contributed by atoms with van der Waals surface area (Å²) in [6.45, 7) is 1.36. The summed E-state index contributed by atoms with van der Waals surface area (Å²) in [6, 6.07) is 17.9. The number of carbonyl (C=O) groups excluding carboxylic acids is 1. The van der Waals surface area contributed by atoms with Crippen molar-refractivity contribution in [3.8, 4) is 22.5 Å². The van der Waals surface area contributed by atoms with Gasteiger partial charge in [-0.15, -0.1) is 0 Å². The lowest BCUT2D eigenvalue weighted by molar-refractivity contribution is -0.138. The van der Waals surface area contributed by atoms with Crippen LogP contribution >= 0.6 is 0 Å². The summed E-state index contributed by atoms with van der Waals surface area (Å²) in [7, 11) is 0. The first-order valence-electron chi connectivity index (χ1n) is 10.6. The van der Waals surface area contributed by atoms with E-state index in [1.165, 1.54) is 19.1 Å². The average molecular weight is 473 g/mol. The van der Waals surface area contributed by atoms with Gasteiger partial charge in [-0.05, 0) is 55.0 Å². The molecule has 0 radical (unpaired) electrons. The van der Waals surface area contributed by atoms with E-state index in [1.54, 1.807) is 47.4 Å². The molecule has 1 amide bonds. The first-order chi connectivity index (χ1) is 16.8. The summed E-state index contributed by atoms with van der Waals surface area (Å²) in [6.07, 6.45) is 0.502. The van der Waals surface area contributed by atoms with Crippen molar-refractivity contribution in [3.63, 3.8) is 0 Å². The third-order valence-corrected chi connectivity index (χ3v) is 5.56. The zero-order valence-electron chi connectivity index (χ0n) is 18.4. The Morgan fingerprint density at radius 1 is 0.914 bits per heavy atom. The second-order valence-corrected chi connectivity index (χ2v) is 7.93. The molecule has 0 fully saturated rings. The van der Waals surface area contributed by atoms with E-state index in [4.69, 9.17) is 0 Å². The van der Waals surface area contributed by atoms with Crippen LogP contribution in [0.3, 0.4) is 0 Å². The monoisotopic (exact) mass is 473 g/mol. The molecule has 0 saturated carbocycles. The van der Waals surface area contributed by atoms with E-state index in [1.807, 2.05) is 24.3 Å². The fourth-order valence-corrected chi connectivity index (χ4v) is 3.81. The molecule has 3 heterocycles. The standard InChI is InChI=1S/C26H18F3N5O/c1-16-5-6-19(14-21(16)26(27,28)29)25(35)32-20-4-2-3-18(13-20)23-9-12-31-24-15-22(33-34(23)24)17-7-10-30-11-8-17/h2-15H,1H3,(H,32,35). The molecule has 9 heteroatoms. The van der Waals surface area contributed by atoms with Crippen LogP contribution in [0.2, 0.25) is 0 Å². The van der Waals surface area contributed by atoms with Crippen LogP contribution in [-0.2, 0) is 6.18 Å². The Balaban J connectivity index is 1.46. The molecule has 1 N–H and O–H groups in total. The van der Waals surface area contributed by atoms with E-state index >= 15 is 0 Å². The molecule has 2 aromatic carbocycles. The highest BCUT2D eigenvalue weighted by atomic mass is 19.4. The number of hydrogen-bond donors (Lipinski definition) is 1. The molecule has 5 rings (SSSR count). The maximum absolute atomic E-state index is 13.2. The van der Waals surface area contributed by atoms with E-state index in [-0.39, 0.29) is 11.1 Å². The van der Waals surface area contributed by atoms with E-state index in [0.717, 1.165) is 28.6 Å². The molecule has 35 heavy (non-hydrogen) atoms. The normalized spacial score (nSPS) is 11.5. The summed E-state index contributed by atoms with van der Waals surface area (Å²) >= 11 is 0. The molecular weight excluding hydrogens is 455 g/mol. The van der Waals surface area contributed by atoms with Gasteiger partial charge in [0.05, 0.1) is 17.0 Å². The fraction of sp³-hybridized carbons (Fsp3) is 0.0769. The van der Waals surface area contributed by atoms with Crippen molar-refractivity contribution < 1.29 is 18.0 Å². The first-order valence-corrected chi connectivity index (χ1v) is 10.6. The van der Waals surface area contributed by atoms with E-state index in [9.17, 15) is 18.0 Å². The number of aromatic nitrogens is 4. The van der Waals surface area contributed by atoms with Gasteiger partial charge in [0.25, 0.3) is 5.91 Å². The topological polar surface area (TPSA) is 72.2 Å². The minimum Gasteiger partial charge on any atom is -0.322 e. The number of pyridine rings is 1. The molecule has 0 aliphatic rings. The smallest absolute Gasteiger partial charge is 0.322 e. The number of aryl methyl sites for hydroxylation is 1. The predicted octanol–water partition coefficient (Wildman–Crippen LogP) is 6.04. The van der Waals surface area contributed by atoms with E-state index < -0.39 is 17.6 Å². The van der Waals surface area contributed by atoms with Crippen LogP contribution in [0.5, 0.6) is 0 Å². The van der Waals surface area contributed by atoms with Crippen LogP contribution in [-0.4, -0.2) is 25.5 Å². The van der Waals surface area contributed by atoms with Gasteiger partial charge in [-0.3, -0.25) is 9.78 Å². The van der Waals surface area contributed by atoms with Gasteiger partial charge in [0.15, 0.2) is 5.65 Å². The maximum Gasteiger partial charge on any atom is 0.416 e. The summed E-state index contributed by atoms with van der Waals surface area (Å²) < 4.78 is 41.4. The Morgan fingerprint density at radius 3 is 2.49 bits per heavy atom. The molecule has 0 spiro atoms. The lowest BCUT2D eigenvalue weighted by Gasteiger charge is -2.13. The fourth-order valence-electron chi connectivity index (χ4n) is 3.81. The van der Waals surface area contributed by atoms with Crippen LogP contribution in [0.4, 0.5) is 18.9 Å². The van der Waals surface area contributed by atoms with Crippen LogP contribution in [0.1, 0.15) is 21.5 Å². The summed E-state index contributed by atoms with van der Waals surface area (Å²) in [5.74, 6) is -0.633. The number of anilines is 1. The van der Waals surface area contributed by atoms with Gasteiger partial charge < -0.3 is 5.32 Å². The van der Waals surface area contributed by atoms with Crippen molar-refractivity contribution in [2.75, 3.05) is 5.32 Å². The highest BCUT2D eigenvalue weighted by Gasteiger charge is 2.33. The average Bonchev–Trinajstić information content (AvgIpc) is 3.29. The SMILES string of the molecule is Cc1ccc(C(=O)Nc2cccc(-c3ccnc4cc(-c5ccncc5)nn34)c2)cc1C(F)(F)F. The number of fused-ring (bicyclic) bond motifs is 1. The van der Waals surface area contributed by atoms with E-state index in [0.29, 0.717) is 11.3 Å². The molecular formula is C26H18F3N5O. The number of hydrogen-bond acceptors (Lipinski definition) is 4. The highest BCUT2D eigenvalue weighted by Crippen LogP contribution is 2.32. The summed E-state index contributed by atoms with van der Waals surface area (Å²) in [5.41, 5.74) is 3.35. The number of rotatable bonds is 4. The zero-order valence-corrected chi connectivity index (χ0v) is 18.4. The van der Waals surface area contributed by atoms with Crippen LogP contribution in [0, 0.1) is 6.92 Å². The quantitative estimate of drug-likeness (QED) is 0.346. The minimum absolute atomic E-state index is 0.0584. The minimum atomic E-state index is -4.54. The molecule has 0 saturated heterocycles. The third-order valence-electron chi connectivity index (χ3n) is 5.56. The molecule has 3 aromatic heterocycles. The van der Waals surface area contributed by atoms with Crippen molar-refractivity contribution in [2.24, 2.45) is 0 Å². The van der Waals surface area contributed by atoms with Gasteiger partial charge >= 0.3 is 6.18 Å². The van der Waals surface area contributed by atoms with Gasteiger partial charge in [0.2, 0.25) is 0 Å². The Labute approximate surface area is 198 Å².